The molecule has 6 nitrogen and oxygen atoms in total. The molecule has 34 heavy (non-hydrogen) atoms. The number of amides is 2. The van der Waals surface area contributed by atoms with E-state index < -0.39 is 12.5 Å². The van der Waals surface area contributed by atoms with Crippen molar-refractivity contribution in [1.82, 2.24) is 10.3 Å². The van der Waals surface area contributed by atoms with Crippen molar-refractivity contribution in [2.45, 2.75) is 38.5 Å². The second-order valence-corrected chi connectivity index (χ2v) is 9.16. The van der Waals surface area contributed by atoms with E-state index in [1.165, 1.54) is 5.57 Å². The van der Waals surface area contributed by atoms with Crippen LogP contribution in [0.2, 0.25) is 0 Å². The van der Waals surface area contributed by atoms with Crippen LogP contribution in [0.25, 0.3) is 6.08 Å². The molecule has 8 heteroatoms. The maximum atomic E-state index is 13.0. The van der Waals surface area contributed by atoms with Crippen LogP contribution in [0.1, 0.15) is 37.3 Å². The number of ether oxygens (including phenoxy) is 1. The van der Waals surface area contributed by atoms with Gasteiger partial charge in [-0.05, 0) is 48.9 Å². The van der Waals surface area contributed by atoms with Crippen molar-refractivity contribution in [3.8, 4) is 5.88 Å². The van der Waals surface area contributed by atoms with E-state index in [1.54, 1.807) is 30.3 Å². The molecule has 2 amide bonds. The van der Waals surface area contributed by atoms with E-state index in [0.717, 1.165) is 43.0 Å². The molecule has 2 aliphatic rings. The van der Waals surface area contributed by atoms with Gasteiger partial charge in [-0.1, -0.05) is 29.8 Å². The lowest BCUT2D eigenvalue weighted by atomic mass is 9.78. The summed E-state index contributed by atoms with van der Waals surface area (Å²) in [6.07, 6.45) is 6.56. The molecule has 1 saturated heterocycles. The summed E-state index contributed by atoms with van der Waals surface area (Å²) >= 11 is 0. The number of allylic oxidation sites excluding steroid dienone is 1. The second kappa shape index (κ2) is 9.91. The molecule has 1 aromatic carbocycles. The molecular formula is C26H29F2N3O3. The second-order valence-electron chi connectivity index (χ2n) is 9.16. The van der Waals surface area contributed by atoms with Gasteiger partial charge in [-0.3, -0.25) is 9.59 Å². The number of nitrogens with one attached hydrogen (secondary N) is 1. The number of carbonyl (C=O) groups excluding carboxylic acids is 2. The Balaban J connectivity index is 1.31. The molecular weight excluding hydrogens is 440 g/mol. The normalized spacial score (nSPS) is 20.2. The van der Waals surface area contributed by atoms with Gasteiger partial charge in [0.15, 0.2) is 6.61 Å². The summed E-state index contributed by atoms with van der Waals surface area (Å²) < 4.78 is 30.8. The van der Waals surface area contributed by atoms with Crippen molar-refractivity contribution in [3.63, 3.8) is 0 Å². The monoisotopic (exact) mass is 469 g/mol. The number of halogens is 2. The molecule has 1 aromatic heterocycles. The molecule has 4 rings (SSSR count). The maximum absolute atomic E-state index is 13.0. The molecule has 1 N–H and O–H groups in total. The van der Waals surface area contributed by atoms with Gasteiger partial charge in [0.25, 0.3) is 5.92 Å². The van der Waals surface area contributed by atoms with Crippen molar-refractivity contribution >= 4 is 23.6 Å². The molecule has 0 bridgehead atoms. The van der Waals surface area contributed by atoms with Crippen molar-refractivity contribution in [2.75, 3.05) is 25.1 Å². The van der Waals surface area contributed by atoms with Gasteiger partial charge in [0.2, 0.25) is 17.7 Å². The Kier molecular flexibility index (Phi) is 6.95. The van der Waals surface area contributed by atoms with Crippen molar-refractivity contribution in [3.05, 3.63) is 59.3 Å². The number of pyridine rings is 1. The minimum absolute atomic E-state index is 0.0736. The fraction of sp³-hybridized carbons (Fsp3) is 0.423. The third kappa shape index (κ3) is 5.79. The predicted molar refractivity (Wildman–Crippen MR) is 126 cm³/mol. The van der Waals surface area contributed by atoms with E-state index in [-0.39, 0.29) is 29.5 Å². The van der Waals surface area contributed by atoms with Crippen molar-refractivity contribution in [2.24, 2.45) is 11.8 Å². The third-order valence-corrected chi connectivity index (χ3v) is 6.28. The number of alkyl halides is 2. The highest BCUT2D eigenvalue weighted by molar-refractivity contribution is 5.97. The largest absolute Gasteiger partial charge is 0.471 e. The minimum atomic E-state index is -2.91. The fourth-order valence-electron chi connectivity index (χ4n) is 4.35. The van der Waals surface area contributed by atoms with E-state index in [1.807, 2.05) is 24.3 Å². The third-order valence-electron chi connectivity index (χ3n) is 6.28. The smallest absolute Gasteiger partial charge is 0.278 e. The lowest BCUT2D eigenvalue weighted by molar-refractivity contribution is -0.125. The van der Waals surface area contributed by atoms with Crippen LogP contribution in [0.5, 0.6) is 5.88 Å². The Labute approximate surface area is 198 Å². The van der Waals surface area contributed by atoms with Crippen LogP contribution < -0.4 is 15.0 Å². The molecule has 1 saturated carbocycles. The Hall–Kier alpha value is -3.29. The first-order valence-corrected chi connectivity index (χ1v) is 11.5. The first kappa shape index (κ1) is 23.9. The molecule has 0 radical (unpaired) electrons. The average Bonchev–Trinajstić information content (AvgIpc) is 3.15. The van der Waals surface area contributed by atoms with E-state index >= 15 is 0 Å². The van der Waals surface area contributed by atoms with Gasteiger partial charge in [0.05, 0.1) is 0 Å². The van der Waals surface area contributed by atoms with Crippen LogP contribution in [0, 0.1) is 11.8 Å². The summed E-state index contributed by atoms with van der Waals surface area (Å²) in [5.74, 6) is -2.67. The maximum Gasteiger partial charge on any atom is 0.278 e. The van der Waals surface area contributed by atoms with Gasteiger partial charge in [0.1, 0.15) is 0 Å². The van der Waals surface area contributed by atoms with Crippen molar-refractivity contribution in [1.29, 1.82) is 0 Å². The van der Waals surface area contributed by atoms with Crippen LogP contribution in [-0.2, 0) is 16.0 Å². The zero-order chi connectivity index (χ0) is 24.3. The van der Waals surface area contributed by atoms with Crippen LogP contribution >= 0.6 is 0 Å². The topological polar surface area (TPSA) is 71.5 Å². The van der Waals surface area contributed by atoms with Gasteiger partial charge in [-0.2, -0.15) is 0 Å². The summed E-state index contributed by atoms with van der Waals surface area (Å²) in [7, 11) is 1.66. The molecule has 1 aliphatic heterocycles. The van der Waals surface area contributed by atoms with Crippen LogP contribution in [0.15, 0.2) is 48.2 Å². The van der Waals surface area contributed by atoms with Crippen LogP contribution in [0.4, 0.5) is 14.5 Å². The number of hydrogen-bond acceptors (Lipinski definition) is 4. The highest BCUT2D eigenvalue weighted by atomic mass is 19.3. The molecule has 2 fully saturated rings. The Morgan fingerprint density at radius 3 is 2.59 bits per heavy atom. The van der Waals surface area contributed by atoms with Gasteiger partial charge in [0, 0.05) is 50.3 Å². The Morgan fingerprint density at radius 2 is 1.97 bits per heavy atom. The summed E-state index contributed by atoms with van der Waals surface area (Å²) in [6.45, 7) is 0.724. The SMILES string of the molecule is CNC(=O)C1CC(=Cc2ccc(N3CC[C@@H](Cc4ccc(OCC(C)(F)F)nc4)C3=O)cc2)C1. The van der Waals surface area contributed by atoms with Crippen LogP contribution in [-0.4, -0.2) is 42.9 Å². The number of carbonyl (C=O) groups is 2. The molecule has 1 atom stereocenters. The summed E-state index contributed by atoms with van der Waals surface area (Å²) in [5, 5.41) is 2.69. The standard InChI is InChI=1S/C26H29F2N3O3/c1-26(27,28)16-34-23-8-5-18(15-30-23)12-20-9-10-31(25(20)33)22-6-3-17(4-7-22)11-19-13-21(14-19)24(32)29-2/h3-8,11,15,20-21H,9-10,12-14,16H2,1-2H3,(H,29,32)/t20-,21?/m0/s1. The number of anilines is 1. The molecule has 1 aliphatic carbocycles. The highest BCUT2D eigenvalue weighted by Crippen LogP contribution is 2.35. The van der Waals surface area contributed by atoms with Gasteiger partial charge < -0.3 is 15.0 Å². The van der Waals surface area contributed by atoms with Crippen molar-refractivity contribution < 1.29 is 23.1 Å². The Morgan fingerprint density at radius 1 is 1.24 bits per heavy atom. The minimum Gasteiger partial charge on any atom is -0.471 e. The predicted octanol–water partition coefficient (Wildman–Crippen LogP) is 4.25. The first-order valence-electron chi connectivity index (χ1n) is 11.5. The molecule has 2 aromatic rings. The summed E-state index contributed by atoms with van der Waals surface area (Å²) in [4.78, 5) is 30.5. The number of aromatic nitrogens is 1. The zero-order valence-electron chi connectivity index (χ0n) is 19.4. The highest BCUT2D eigenvalue weighted by Gasteiger charge is 2.33. The zero-order valence-corrected chi connectivity index (χ0v) is 19.4. The molecule has 0 spiro atoms. The van der Waals surface area contributed by atoms with Crippen LogP contribution in [0.3, 0.4) is 0 Å². The van der Waals surface area contributed by atoms with E-state index in [0.29, 0.717) is 13.0 Å². The first-order chi connectivity index (χ1) is 16.2. The number of rotatable bonds is 8. The number of hydrogen-bond donors (Lipinski definition) is 1. The molecule has 2 heterocycles. The summed E-state index contributed by atoms with van der Waals surface area (Å²) in [6, 6.07) is 11.2. The van der Waals surface area contributed by atoms with Gasteiger partial charge in [-0.15, -0.1) is 0 Å². The summed E-state index contributed by atoms with van der Waals surface area (Å²) in [5.41, 5.74) is 4.06. The van der Waals surface area contributed by atoms with E-state index in [4.69, 9.17) is 4.74 Å². The lowest BCUT2D eigenvalue weighted by Crippen LogP contribution is -2.33. The number of benzene rings is 1. The van der Waals surface area contributed by atoms with E-state index in [2.05, 4.69) is 16.4 Å². The van der Waals surface area contributed by atoms with Gasteiger partial charge >= 0.3 is 0 Å². The molecule has 180 valence electrons. The Bertz CT molecular complexity index is 1050. The fourth-order valence-corrected chi connectivity index (χ4v) is 4.35. The quantitative estimate of drug-likeness (QED) is 0.628. The lowest BCUT2D eigenvalue weighted by Gasteiger charge is -2.27. The average molecular weight is 470 g/mol. The van der Waals surface area contributed by atoms with Gasteiger partial charge in [-0.25, -0.2) is 13.8 Å². The number of nitrogens with zero attached hydrogens (tertiary/aromatic N) is 2. The van der Waals surface area contributed by atoms with E-state index in [9.17, 15) is 18.4 Å². The molecule has 0 unspecified atom stereocenters.